The highest BCUT2D eigenvalue weighted by atomic mass is 14.4. The summed E-state index contributed by atoms with van der Waals surface area (Å²) in [5, 5.41) is 7.05. The van der Waals surface area contributed by atoms with Gasteiger partial charge in [0.2, 0.25) is 0 Å². The minimum absolute atomic E-state index is 0.643. The van der Waals surface area contributed by atoms with Crippen LogP contribution in [0.2, 0.25) is 0 Å². The van der Waals surface area contributed by atoms with Gasteiger partial charge in [0.15, 0.2) is 0 Å². The minimum atomic E-state index is 0.643. The predicted molar refractivity (Wildman–Crippen MR) is 37.4 cm³/mol. The Morgan fingerprint density at radius 2 is 2.00 bits per heavy atom. The second-order valence-corrected chi connectivity index (χ2v) is 2.03. The third-order valence-corrected chi connectivity index (χ3v) is 1.02. The lowest BCUT2D eigenvalue weighted by Gasteiger charge is -1.90. The lowest BCUT2D eigenvalue weighted by Crippen LogP contribution is -1.81. The van der Waals surface area contributed by atoms with Crippen LogP contribution in [0.15, 0.2) is 11.6 Å². The summed E-state index contributed by atoms with van der Waals surface area (Å²) < 4.78 is 0. The fourth-order valence-corrected chi connectivity index (χ4v) is 0.472. The third kappa shape index (κ3) is 3.59. The van der Waals surface area contributed by atoms with Gasteiger partial charge in [-0.3, -0.25) is 0 Å². The SMILES string of the molecule is CC/C(C)=C/C(C)=N. The van der Waals surface area contributed by atoms with E-state index in [1.165, 1.54) is 5.57 Å². The van der Waals surface area contributed by atoms with Gasteiger partial charge in [-0.2, -0.15) is 0 Å². The number of allylic oxidation sites excluding steroid dienone is 2. The highest BCUT2D eigenvalue weighted by molar-refractivity contribution is 5.90. The maximum atomic E-state index is 7.05. The van der Waals surface area contributed by atoms with E-state index in [2.05, 4.69) is 6.92 Å². The molecule has 0 heterocycles. The molecule has 0 aliphatic carbocycles. The Morgan fingerprint density at radius 1 is 1.50 bits per heavy atom. The lowest BCUT2D eigenvalue weighted by atomic mass is 10.2. The summed E-state index contributed by atoms with van der Waals surface area (Å²) in [5.74, 6) is 0. The van der Waals surface area contributed by atoms with Crippen molar-refractivity contribution in [3.05, 3.63) is 11.6 Å². The molecule has 0 aromatic carbocycles. The highest BCUT2D eigenvalue weighted by Gasteiger charge is 1.82. The summed E-state index contributed by atoms with van der Waals surface area (Å²) in [5.41, 5.74) is 1.92. The second kappa shape index (κ2) is 3.42. The van der Waals surface area contributed by atoms with E-state index < -0.39 is 0 Å². The summed E-state index contributed by atoms with van der Waals surface area (Å²) >= 11 is 0. The summed E-state index contributed by atoms with van der Waals surface area (Å²) in [4.78, 5) is 0. The first-order valence-electron chi connectivity index (χ1n) is 2.89. The van der Waals surface area contributed by atoms with Crippen molar-refractivity contribution < 1.29 is 0 Å². The molecule has 1 nitrogen and oxygen atoms in total. The van der Waals surface area contributed by atoms with Crippen molar-refractivity contribution in [2.45, 2.75) is 27.2 Å². The molecule has 8 heavy (non-hydrogen) atoms. The summed E-state index contributed by atoms with van der Waals surface area (Å²) in [6.07, 6.45) is 2.94. The summed E-state index contributed by atoms with van der Waals surface area (Å²) in [6, 6.07) is 0. The summed E-state index contributed by atoms with van der Waals surface area (Å²) in [7, 11) is 0. The standard InChI is InChI=1S/C7H13N/c1-4-6(2)5-7(3)8/h5,8H,4H2,1-3H3/b6-5+,8-7?. The quantitative estimate of drug-likeness (QED) is 0.529. The monoisotopic (exact) mass is 111 g/mol. The molecule has 0 aromatic heterocycles. The van der Waals surface area contributed by atoms with Gasteiger partial charge in [0, 0.05) is 5.71 Å². The van der Waals surface area contributed by atoms with Crippen LogP contribution in [0, 0.1) is 5.41 Å². The van der Waals surface area contributed by atoms with E-state index in [4.69, 9.17) is 5.41 Å². The molecule has 0 saturated carbocycles. The third-order valence-electron chi connectivity index (χ3n) is 1.02. The molecule has 0 aromatic rings. The Balaban J connectivity index is 3.75. The van der Waals surface area contributed by atoms with Crippen molar-refractivity contribution in [3.63, 3.8) is 0 Å². The van der Waals surface area contributed by atoms with Crippen LogP contribution >= 0.6 is 0 Å². The molecule has 0 fully saturated rings. The maximum absolute atomic E-state index is 7.05. The van der Waals surface area contributed by atoms with Crippen LogP contribution < -0.4 is 0 Å². The topological polar surface area (TPSA) is 23.9 Å². The van der Waals surface area contributed by atoms with E-state index in [0.717, 1.165) is 6.42 Å². The molecule has 1 N–H and O–H groups in total. The van der Waals surface area contributed by atoms with Gasteiger partial charge in [-0.05, 0) is 26.3 Å². The Hall–Kier alpha value is -0.590. The molecule has 0 radical (unpaired) electrons. The molecule has 0 aliphatic heterocycles. The van der Waals surface area contributed by atoms with E-state index in [9.17, 15) is 0 Å². The van der Waals surface area contributed by atoms with Crippen LogP contribution in [0.25, 0.3) is 0 Å². The van der Waals surface area contributed by atoms with Gasteiger partial charge in [-0.1, -0.05) is 12.5 Å². The average molecular weight is 111 g/mol. The van der Waals surface area contributed by atoms with Crippen LogP contribution in [0.5, 0.6) is 0 Å². The molecular weight excluding hydrogens is 98.1 g/mol. The normalized spacial score (nSPS) is 11.6. The predicted octanol–water partition coefficient (Wildman–Crippen LogP) is 2.38. The van der Waals surface area contributed by atoms with Gasteiger partial charge >= 0.3 is 0 Å². The van der Waals surface area contributed by atoms with Crippen molar-refractivity contribution in [2.75, 3.05) is 0 Å². The molecule has 0 spiro atoms. The highest BCUT2D eigenvalue weighted by Crippen LogP contribution is 1.96. The van der Waals surface area contributed by atoms with E-state index >= 15 is 0 Å². The zero-order valence-electron chi connectivity index (χ0n) is 5.78. The first-order valence-corrected chi connectivity index (χ1v) is 2.89. The molecule has 0 bridgehead atoms. The summed E-state index contributed by atoms with van der Waals surface area (Å²) in [6.45, 7) is 5.92. The van der Waals surface area contributed by atoms with Crippen LogP contribution in [-0.4, -0.2) is 5.71 Å². The van der Waals surface area contributed by atoms with Crippen molar-refractivity contribution in [1.82, 2.24) is 0 Å². The smallest absolute Gasteiger partial charge is 0.0282 e. The molecule has 0 aliphatic rings. The number of rotatable bonds is 2. The fraction of sp³-hybridized carbons (Fsp3) is 0.571. The zero-order valence-corrected chi connectivity index (χ0v) is 5.78. The molecular formula is C7H13N. The van der Waals surface area contributed by atoms with Gasteiger partial charge in [0.1, 0.15) is 0 Å². The lowest BCUT2D eigenvalue weighted by molar-refractivity contribution is 1.10. The Kier molecular flexibility index (Phi) is 3.16. The Morgan fingerprint density at radius 3 is 2.12 bits per heavy atom. The van der Waals surface area contributed by atoms with Crippen LogP contribution in [0.1, 0.15) is 27.2 Å². The van der Waals surface area contributed by atoms with Gasteiger partial charge < -0.3 is 5.41 Å². The molecule has 0 amide bonds. The van der Waals surface area contributed by atoms with Crippen molar-refractivity contribution in [1.29, 1.82) is 5.41 Å². The van der Waals surface area contributed by atoms with Crippen LogP contribution in [-0.2, 0) is 0 Å². The molecule has 0 rings (SSSR count). The van der Waals surface area contributed by atoms with Crippen LogP contribution in [0.4, 0.5) is 0 Å². The molecule has 46 valence electrons. The van der Waals surface area contributed by atoms with E-state index in [0.29, 0.717) is 5.71 Å². The molecule has 1 heteroatoms. The fourth-order valence-electron chi connectivity index (χ4n) is 0.472. The van der Waals surface area contributed by atoms with Gasteiger partial charge in [0.25, 0.3) is 0 Å². The van der Waals surface area contributed by atoms with Crippen molar-refractivity contribution in [2.24, 2.45) is 0 Å². The molecule has 0 atom stereocenters. The van der Waals surface area contributed by atoms with Crippen LogP contribution in [0.3, 0.4) is 0 Å². The first kappa shape index (κ1) is 7.41. The van der Waals surface area contributed by atoms with Gasteiger partial charge in [-0.15, -0.1) is 0 Å². The van der Waals surface area contributed by atoms with Gasteiger partial charge in [-0.25, -0.2) is 0 Å². The largest absolute Gasteiger partial charge is 0.306 e. The average Bonchev–Trinajstić information content (AvgIpc) is 1.65. The van der Waals surface area contributed by atoms with E-state index in [1.54, 1.807) is 6.92 Å². The molecule has 0 unspecified atom stereocenters. The maximum Gasteiger partial charge on any atom is 0.0282 e. The zero-order chi connectivity index (χ0) is 6.57. The minimum Gasteiger partial charge on any atom is -0.306 e. The number of hydrogen-bond donors (Lipinski definition) is 1. The Bertz CT molecular complexity index is 112. The van der Waals surface area contributed by atoms with E-state index in [1.807, 2.05) is 13.0 Å². The second-order valence-electron chi connectivity index (χ2n) is 2.03. The van der Waals surface area contributed by atoms with Gasteiger partial charge in [0.05, 0.1) is 0 Å². The van der Waals surface area contributed by atoms with E-state index in [-0.39, 0.29) is 0 Å². The van der Waals surface area contributed by atoms with Crippen molar-refractivity contribution >= 4 is 5.71 Å². The Labute approximate surface area is 50.9 Å². The van der Waals surface area contributed by atoms with Crippen molar-refractivity contribution in [3.8, 4) is 0 Å². The number of hydrogen-bond acceptors (Lipinski definition) is 1. The number of nitrogens with one attached hydrogen (secondary N) is 1. The first-order chi connectivity index (χ1) is 3.66. The molecule has 0 saturated heterocycles.